The largest absolute Gasteiger partial charge is 0.251 e. The number of rotatable bonds is 5. The molecule has 4 nitrogen and oxygen atoms in total. The zero-order chi connectivity index (χ0) is 9.78. The van der Waals surface area contributed by atoms with Crippen LogP contribution in [0.5, 0.6) is 0 Å². The standard InChI is InChI=1S/C8H18O4/c1-6(2)5-7(11-9)8(3,4)12-10/h6-7,9-10H,5H2,1-4H3. The van der Waals surface area contributed by atoms with Gasteiger partial charge in [0.25, 0.3) is 0 Å². The van der Waals surface area contributed by atoms with E-state index < -0.39 is 11.7 Å². The first-order chi connectivity index (χ1) is 5.44. The Bertz CT molecular complexity index is 122. The van der Waals surface area contributed by atoms with E-state index in [-0.39, 0.29) is 0 Å². The summed E-state index contributed by atoms with van der Waals surface area (Å²) in [7, 11) is 0. The number of hydrogen-bond acceptors (Lipinski definition) is 4. The summed E-state index contributed by atoms with van der Waals surface area (Å²) >= 11 is 0. The molecular formula is C8H18O4. The second-order valence-corrected chi connectivity index (χ2v) is 3.92. The van der Waals surface area contributed by atoms with Crippen molar-refractivity contribution in [2.45, 2.75) is 45.8 Å². The monoisotopic (exact) mass is 178 g/mol. The lowest BCUT2D eigenvalue weighted by Crippen LogP contribution is -2.40. The fourth-order valence-electron chi connectivity index (χ4n) is 0.941. The van der Waals surface area contributed by atoms with Crippen molar-refractivity contribution in [2.24, 2.45) is 5.92 Å². The molecule has 0 heterocycles. The third-order valence-electron chi connectivity index (χ3n) is 1.82. The first kappa shape index (κ1) is 11.8. The zero-order valence-electron chi connectivity index (χ0n) is 8.07. The van der Waals surface area contributed by atoms with E-state index in [2.05, 4.69) is 9.78 Å². The van der Waals surface area contributed by atoms with E-state index in [0.29, 0.717) is 12.3 Å². The summed E-state index contributed by atoms with van der Waals surface area (Å²) in [4.78, 5) is 8.44. The molecule has 0 rings (SSSR count). The van der Waals surface area contributed by atoms with Crippen LogP contribution in [0, 0.1) is 5.92 Å². The van der Waals surface area contributed by atoms with Crippen LogP contribution in [0.4, 0.5) is 0 Å². The molecule has 0 aliphatic rings. The van der Waals surface area contributed by atoms with E-state index in [1.54, 1.807) is 13.8 Å². The Morgan fingerprint density at radius 1 is 1.25 bits per heavy atom. The van der Waals surface area contributed by atoms with Crippen LogP contribution in [0.25, 0.3) is 0 Å². The Morgan fingerprint density at radius 3 is 2.00 bits per heavy atom. The van der Waals surface area contributed by atoms with Gasteiger partial charge in [-0.2, -0.15) is 0 Å². The summed E-state index contributed by atoms with van der Waals surface area (Å²) in [6.07, 6.45) is 0.117. The maximum atomic E-state index is 8.55. The predicted octanol–water partition coefficient (Wildman–Crippen LogP) is 2.16. The Balaban J connectivity index is 4.13. The van der Waals surface area contributed by atoms with Crippen molar-refractivity contribution < 1.29 is 20.3 Å². The zero-order valence-corrected chi connectivity index (χ0v) is 8.07. The lowest BCUT2D eigenvalue weighted by molar-refractivity contribution is -0.385. The van der Waals surface area contributed by atoms with E-state index in [0.717, 1.165) is 0 Å². The highest BCUT2D eigenvalue weighted by Crippen LogP contribution is 2.22. The van der Waals surface area contributed by atoms with Crippen molar-refractivity contribution in [3.63, 3.8) is 0 Å². The average molecular weight is 178 g/mol. The number of hydrogen-bond donors (Lipinski definition) is 2. The highest BCUT2D eigenvalue weighted by Gasteiger charge is 2.32. The molecule has 1 unspecified atom stereocenters. The minimum atomic E-state index is -0.876. The van der Waals surface area contributed by atoms with Gasteiger partial charge in [0.1, 0.15) is 11.7 Å². The average Bonchev–Trinajstić information content (AvgIpc) is 1.99. The Hall–Kier alpha value is -0.160. The molecule has 0 aromatic carbocycles. The Labute approximate surface area is 73.0 Å². The molecule has 0 aromatic heterocycles. The van der Waals surface area contributed by atoms with Gasteiger partial charge < -0.3 is 0 Å². The van der Waals surface area contributed by atoms with Crippen molar-refractivity contribution in [1.82, 2.24) is 0 Å². The van der Waals surface area contributed by atoms with Gasteiger partial charge in [0.15, 0.2) is 0 Å². The second-order valence-electron chi connectivity index (χ2n) is 3.92. The molecular weight excluding hydrogens is 160 g/mol. The molecule has 0 bridgehead atoms. The van der Waals surface area contributed by atoms with Gasteiger partial charge >= 0.3 is 0 Å². The molecule has 0 saturated carbocycles. The van der Waals surface area contributed by atoms with E-state index in [1.807, 2.05) is 13.8 Å². The molecule has 0 saturated heterocycles. The summed E-state index contributed by atoms with van der Waals surface area (Å²) in [5.74, 6) is 0.372. The molecule has 0 aromatic rings. The fraction of sp³-hybridized carbons (Fsp3) is 1.00. The molecule has 0 radical (unpaired) electrons. The summed E-state index contributed by atoms with van der Waals surface area (Å²) in [6, 6.07) is 0. The molecule has 0 amide bonds. The molecule has 74 valence electrons. The van der Waals surface area contributed by atoms with Crippen LogP contribution < -0.4 is 0 Å². The molecule has 1 atom stereocenters. The van der Waals surface area contributed by atoms with E-state index in [1.165, 1.54) is 0 Å². The topological polar surface area (TPSA) is 58.9 Å². The Kier molecular flexibility index (Phi) is 4.70. The van der Waals surface area contributed by atoms with Crippen molar-refractivity contribution in [3.05, 3.63) is 0 Å². The fourth-order valence-corrected chi connectivity index (χ4v) is 0.941. The van der Waals surface area contributed by atoms with Gasteiger partial charge in [-0.3, -0.25) is 10.5 Å². The highest BCUT2D eigenvalue weighted by molar-refractivity contribution is 4.79. The van der Waals surface area contributed by atoms with Gasteiger partial charge in [-0.25, -0.2) is 9.78 Å². The van der Waals surface area contributed by atoms with Crippen molar-refractivity contribution in [3.8, 4) is 0 Å². The third kappa shape index (κ3) is 3.49. The molecule has 12 heavy (non-hydrogen) atoms. The van der Waals surface area contributed by atoms with Gasteiger partial charge in [0.2, 0.25) is 0 Å². The summed E-state index contributed by atoms with van der Waals surface area (Å²) in [5.41, 5.74) is -0.876. The maximum Gasteiger partial charge on any atom is 0.127 e. The summed E-state index contributed by atoms with van der Waals surface area (Å²) < 4.78 is 0. The lowest BCUT2D eigenvalue weighted by atomic mass is 9.94. The quantitative estimate of drug-likeness (QED) is 0.500. The van der Waals surface area contributed by atoms with Crippen LogP contribution >= 0.6 is 0 Å². The van der Waals surface area contributed by atoms with Crippen LogP contribution in [0.3, 0.4) is 0 Å². The minimum absolute atomic E-state index is 0.372. The van der Waals surface area contributed by atoms with Gasteiger partial charge in [0.05, 0.1) is 0 Å². The first-order valence-corrected chi connectivity index (χ1v) is 4.06. The van der Waals surface area contributed by atoms with Crippen LogP contribution in [0.2, 0.25) is 0 Å². The first-order valence-electron chi connectivity index (χ1n) is 4.06. The van der Waals surface area contributed by atoms with Crippen LogP contribution in [0.15, 0.2) is 0 Å². The summed E-state index contributed by atoms with van der Waals surface area (Å²) in [6.45, 7) is 7.30. The molecule has 2 N–H and O–H groups in total. The highest BCUT2D eigenvalue weighted by atomic mass is 17.1. The molecule has 0 aliphatic heterocycles. The van der Waals surface area contributed by atoms with Crippen molar-refractivity contribution in [1.29, 1.82) is 0 Å². The second kappa shape index (κ2) is 4.77. The normalized spacial score (nSPS) is 15.2. The van der Waals surface area contributed by atoms with Gasteiger partial charge in [-0.15, -0.1) is 0 Å². The minimum Gasteiger partial charge on any atom is -0.251 e. The van der Waals surface area contributed by atoms with Gasteiger partial charge in [0, 0.05) is 0 Å². The van der Waals surface area contributed by atoms with Crippen LogP contribution in [0.1, 0.15) is 34.1 Å². The van der Waals surface area contributed by atoms with E-state index >= 15 is 0 Å². The predicted molar refractivity (Wildman–Crippen MR) is 44.7 cm³/mol. The van der Waals surface area contributed by atoms with E-state index in [4.69, 9.17) is 10.5 Å². The van der Waals surface area contributed by atoms with Gasteiger partial charge in [-0.05, 0) is 26.2 Å². The van der Waals surface area contributed by atoms with Crippen LogP contribution in [-0.2, 0) is 9.78 Å². The van der Waals surface area contributed by atoms with Gasteiger partial charge in [-0.1, -0.05) is 13.8 Å². The molecule has 4 heteroatoms. The molecule has 0 spiro atoms. The molecule has 0 fully saturated rings. The molecule has 0 aliphatic carbocycles. The SMILES string of the molecule is CC(C)CC(OO)C(C)(C)OO. The Morgan fingerprint density at radius 2 is 1.75 bits per heavy atom. The van der Waals surface area contributed by atoms with Crippen LogP contribution in [-0.4, -0.2) is 22.2 Å². The van der Waals surface area contributed by atoms with Crippen molar-refractivity contribution >= 4 is 0 Å². The smallest absolute Gasteiger partial charge is 0.127 e. The summed E-state index contributed by atoms with van der Waals surface area (Å²) in [5, 5.41) is 17.1. The van der Waals surface area contributed by atoms with E-state index in [9.17, 15) is 0 Å². The lowest BCUT2D eigenvalue weighted by Gasteiger charge is -2.29. The van der Waals surface area contributed by atoms with Crippen molar-refractivity contribution in [2.75, 3.05) is 0 Å². The maximum absolute atomic E-state index is 8.55. The third-order valence-corrected chi connectivity index (χ3v) is 1.82.